The van der Waals surface area contributed by atoms with Crippen molar-refractivity contribution < 1.29 is 9.59 Å². The number of allylic oxidation sites excluding steroid dienone is 1. The smallest absolute Gasteiger partial charge is 0.241 e. The van der Waals surface area contributed by atoms with E-state index in [4.69, 9.17) is 0 Å². The number of amides is 2. The Balaban J connectivity index is 3.71. The first-order valence-corrected chi connectivity index (χ1v) is 3.75. The van der Waals surface area contributed by atoms with Crippen LogP contribution < -0.4 is 10.9 Å². The highest BCUT2D eigenvalue weighted by Crippen LogP contribution is 2.00. The highest BCUT2D eigenvalue weighted by molar-refractivity contribution is 5.82. The van der Waals surface area contributed by atoms with Crippen molar-refractivity contribution in [2.75, 3.05) is 0 Å². The van der Waals surface area contributed by atoms with Gasteiger partial charge in [-0.2, -0.15) is 0 Å². The molecule has 1 atom stereocenters. The van der Waals surface area contributed by atoms with E-state index < -0.39 is 0 Å². The lowest BCUT2D eigenvalue weighted by Gasteiger charge is -2.09. The van der Waals surface area contributed by atoms with Crippen molar-refractivity contribution in [2.24, 2.45) is 5.92 Å². The maximum atomic E-state index is 11.1. The minimum absolute atomic E-state index is 0.158. The van der Waals surface area contributed by atoms with Crippen molar-refractivity contribution in [2.45, 2.75) is 20.3 Å². The molecule has 4 nitrogen and oxygen atoms in total. The van der Waals surface area contributed by atoms with Gasteiger partial charge in [0.25, 0.3) is 0 Å². The summed E-state index contributed by atoms with van der Waals surface area (Å²) in [6.07, 6.45) is 2.27. The van der Waals surface area contributed by atoms with Gasteiger partial charge in [0, 0.05) is 12.8 Å². The van der Waals surface area contributed by atoms with Crippen LogP contribution in [0.3, 0.4) is 0 Å². The second-order valence-corrected chi connectivity index (χ2v) is 2.60. The highest BCUT2D eigenvalue weighted by atomic mass is 16.2. The summed E-state index contributed by atoms with van der Waals surface area (Å²) in [6.45, 7) is 6.61. The quantitative estimate of drug-likeness (QED) is 0.475. The molecule has 0 saturated carbocycles. The lowest BCUT2D eigenvalue weighted by Crippen LogP contribution is -2.42. The third kappa shape index (κ3) is 4.49. The molecule has 2 amide bonds. The zero-order chi connectivity index (χ0) is 9.56. The molecule has 0 bridgehead atoms. The molecule has 0 aliphatic carbocycles. The predicted octanol–water partition coefficient (Wildman–Crippen LogP) is 0.366. The Morgan fingerprint density at radius 3 is 2.50 bits per heavy atom. The average molecular weight is 170 g/mol. The van der Waals surface area contributed by atoms with Crippen LogP contribution in [-0.4, -0.2) is 11.8 Å². The van der Waals surface area contributed by atoms with Crippen molar-refractivity contribution in [1.82, 2.24) is 10.9 Å². The van der Waals surface area contributed by atoms with Crippen LogP contribution >= 0.6 is 0 Å². The summed E-state index contributed by atoms with van der Waals surface area (Å²) in [4.78, 5) is 21.4. The van der Waals surface area contributed by atoms with Gasteiger partial charge in [-0.25, -0.2) is 0 Å². The molecule has 0 aromatic heterocycles. The minimum atomic E-state index is -0.283. The Hall–Kier alpha value is -1.32. The Labute approximate surface area is 72.0 Å². The number of carbonyl (C=O) groups excluding carboxylic acids is 2. The van der Waals surface area contributed by atoms with Crippen molar-refractivity contribution in [1.29, 1.82) is 0 Å². The van der Waals surface area contributed by atoms with E-state index in [0.717, 1.165) is 0 Å². The standard InChI is InChI=1S/C8H14N2O2/c1-4-5-6(2)8(12)10-9-7(3)11/h4,6H,1,5H2,2-3H3,(H,9,11)(H,10,12). The van der Waals surface area contributed by atoms with E-state index >= 15 is 0 Å². The van der Waals surface area contributed by atoms with Gasteiger partial charge >= 0.3 is 0 Å². The van der Waals surface area contributed by atoms with Crippen molar-refractivity contribution >= 4 is 11.8 Å². The molecule has 0 heterocycles. The van der Waals surface area contributed by atoms with Crippen LogP contribution in [0.2, 0.25) is 0 Å². The number of hydrogen-bond donors (Lipinski definition) is 2. The maximum absolute atomic E-state index is 11.1. The van der Waals surface area contributed by atoms with E-state index in [2.05, 4.69) is 17.4 Å². The summed E-state index contributed by atoms with van der Waals surface area (Å²) in [6, 6.07) is 0. The van der Waals surface area contributed by atoms with Gasteiger partial charge in [-0.1, -0.05) is 13.0 Å². The molecular formula is C8H14N2O2. The summed E-state index contributed by atoms with van der Waals surface area (Å²) in [7, 11) is 0. The maximum Gasteiger partial charge on any atom is 0.241 e. The first-order valence-electron chi connectivity index (χ1n) is 3.75. The zero-order valence-corrected chi connectivity index (χ0v) is 7.39. The fourth-order valence-electron chi connectivity index (χ4n) is 0.630. The van der Waals surface area contributed by atoms with E-state index in [9.17, 15) is 9.59 Å². The van der Waals surface area contributed by atoms with Crippen LogP contribution in [0, 0.1) is 5.92 Å². The third-order valence-corrected chi connectivity index (χ3v) is 1.33. The van der Waals surface area contributed by atoms with Gasteiger partial charge in [0.05, 0.1) is 0 Å². The summed E-state index contributed by atoms with van der Waals surface area (Å²) in [5, 5.41) is 0. The topological polar surface area (TPSA) is 58.2 Å². The Kier molecular flexibility index (Phi) is 4.76. The Bertz CT molecular complexity index is 189. The first kappa shape index (κ1) is 10.7. The van der Waals surface area contributed by atoms with E-state index in [0.29, 0.717) is 6.42 Å². The number of hydrogen-bond acceptors (Lipinski definition) is 2. The van der Waals surface area contributed by atoms with Gasteiger partial charge in [-0.15, -0.1) is 6.58 Å². The highest BCUT2D eigenvalue weighted by Gasteiger charge is 2.09. The SMILES string of the molecule is C=CCC(C)C(=O)NNC(C)=O. The van der Waals surface area contributed by atoms with Gasteiger partial charge < -0.3 is 0 Å². The summed E-state index contributed by atoms with van der Waals surface area (Å²) < 4.78 is 0. The zero-order valence-electron chi connectivity index (χ0n) is 7.39. The first-order chi connectivity index (χ1) is 5.57. The van der Waals surface area contributed by atoms with E-state index in [1.807, 2.05) is 0 Å². The molecule has 0 fully saturated rings. The van der Waals surface area contributed by atoms with Gasteiger partial charge in [-0.05, 0) is 6.42 Å². The molecule has 12 heavy (non-hydrogen) atoms. The van der Waals surface area contributed by atoms with E-state index in [1.54, 1.807) is 13.0 Å². The normalized spacial score (nSPS) is 11.5. The van der Waals surface area contributed by atoms with Crippen LogP contribution in [0.5, 0.6) is 0 Å². The molecule has 68 valence electrons. The number of carbonyl (C=O) groups is 2. The number of hydrazine groups is 1. The second kappa shape index (κ2) is 5.35. The monoisotopic (exact) mass is 170 g/mol. The molecule has 0 aliphatic rings. The minimum Gasteiger partial charge on any atom is -0.274 e. The average Bonchev–Trinajstić information content (AvgIpc) is 2.00. The molecule has 0 saturated heterocycles. The molecule has 4 heteroatoms. The summed E-state index contributed by atoms with van der Waals surface area (Å²) in [5.74, 6) is -0.645. The van der Waals surface area contributed by atoms with Crippen LogP contribution in [-0.2, 0) is 9.59 Å². The van der Waals surface area contributed by atoms with Gasteiger partial charge in [0.15, 0.2) is 0 Å². The molecule has 0 aromatic carbocycles. The van der Waals surface area contributed by atoms with Crippen LogP contribution in [0.25, 0.3) is 0 Å². The number of rotatable bonds is 3. The molecule has 0 spiro atoms. The van der Waals surface area contributed by atoms with Crippen LogP contribution in [0.15, 0.2) is 12.7 Å². The van der Waals surface area contributed by atoms with Gasteiger partial charge in [0.1, 0.15) is 0 Å². The number of nitrogens with one attached hydrogen (secondary N) is 2. The van der Waals surface area contributed by atoms with Crippen LogP contribution in [0.4, 0.5) is 0 Å². The van der Waals surface area contributed by atoms with E-state index in [-0.39, 0.29) is 17.7 Å². The lowest BCUT2D eigenvalue weighted by molar-refractivity contribution is -0.130. The molecule has 0 aromatic rings. The Morgan fingerprint density at radius 1 is 1.50 bits per heavy atom. The lowest BCUT2D eigenvalue weighted by atomic mass is 10.1. The van der Waals surface area contributed by atoms with Gasteiger partial charge in [-0.3, -0.25) is 20.4 Å². The predicted molar refractivity (Wildman–Crippen MR) is 45.9 cm³/mol. The second-order valence-electron chi connectivity index (χ2n) is 2.60. The molecule has 2 N–H and O–H groups in total. The van der Waals surface area contributed by atoms with Crippen molar-refractivity contribution in [3.63, 3.8) is 0 Å². The third-order valence-electron chi connectivity index (χ3n) is 1.33. The molecule has 0 aliphatic heterocycles. The Morgan fingerprint density at radius 2 is 2.08 bits per heavy atom. The fraction of sp³-hybridized carbons (Fsp3) is 0.500. The van der Waals surface area contributed by atoms with E-state index in [1.165, 1.54) is 6.92 Å². The van der Waals surface area contributed by atoms with Crippen molar-refractivity contribution in [3.8, 4) is 0 Å². The van der Waals surface area contributed by atoms with Crippen LogP contribution in [0.1, 0.15) is 20.3 Å². The largest absolute Gasteiger partial charge is 0.274 e. The van der Waals surface area contributed by atoms with Crippen molar-refractivity contribution in [3.05, 3.63) is 12.7 Å². The molecular weight excluding hydrogens is 156 g/mol. The van der Waals surface area contributed by atoms with Gasteiger partial charge in [0.2, 0.25) is 11.8 Å². The summed E-state index contributed by atoms with van der Waals surface area (Å²) >= 11 is 0. The molecule has 0 radical (unpaired) electrons. The fourth-order valence-corrected chi connectivity index (χ4v) is 0.630. The molecule has 1 unspecified atom stereocenters. The summed E-state index contributed by atoms with van der Waals surface area (Å²) in [5.41, 5.74) is 4.49. The molecule has 0 rings (SSSR count).